The molecule has 0 N–H and O–H groups in total. The van der Waals surface area contributed by atoms with E-state index in [1.165, 1.54) is 4.90 Å². The van der Waals surface area contributed by atoms with Crippen molar-refractivity contribution in [1.82, 2.24) is 15.0 Å². The van der Waals surface area contributed by atoms with Crippen LogP contribution in [-0.2, 0) is 16.1 Å². The van der Waals surface area contributed by atoms with Gasteiger partial charge in [-0.1, -0.05) is 65.8 Å². The van der Waals surface area contributed by atoms with Crippen molar-refractivity contribution >= 4 is 11.8 Å². The maximum Gasteiger partial charge on any atom is 0.276 e. The van der Waals surface area contributed by atoms with Crippen molar-refractivity contribution in [3.63, 3.8) is 0 Å². The largest absolute Gasteiger partial charge is 0.378 e. The topological polar surface area (TPSA) is 75.9 Å². The molecule has 7 nitrogen and oxygen atoms in total. The van der Waals surface area contributed by atoms with Gasteiger partial charge in [-0.15, -0.1) is 0 Å². The number of carbonyl (C=O) groups excluding carboxylic acids is 2. The van der Waals surface area contributed by atoms with Gasteiger partial charge in [0.1, 0.15) is 6.54 Å². The molecule has 30 heavy (non-hydrogen) atoms. The molecule has 2 aromatic carbocycles. The van der Waals surface area contributed by atoms with Crippen molar-refractivity contribution in [3.8, 4) is 11.3 Å². The second kappa shape index (κ2) is 8.92. The predicted molar refractivity (Wildman–Crippen MR) is 110 cm³/mol. The van der Waals surface area contributed by atoms with Crippen molar-refractivity contribution < 1.29 is 18.8 Å². The SMILES string of the molecule is CO[C@H]1CN(Cc2ccccc2)C(=O)CN(C(=O)c2cc(-c3ccccc3)on2)C1. The van der Waals surface area contributed by atoms with E-state index in [9.17, 15) is 9.59 Å². The fraction of sp³-hybridized carbons (Fsp3) is 0.261. The molecule has 0 bridgehead atoms. The number of ether oxygens (including phenoxy) is 1. The summed E-state index contributed by atoms with van der Waals surface area (Å²) in [6.45, 7) is 1.17. The normalized spacial score (nSPS) is 17.1. The first-order valence-electron chi connectivity index (χ1n) is 9.80. The minimum Gasteiger partial charge on any atom is -0.378 e. The lowest BCUT2D eigenvalue weighted by molar-refractivity contribution is -0.132. The quantitative estimate of drug-likeness (QED) is 0.653. The van der Waals surface area contributed by atoms with Gasteiger partial charge in [-0.25, -0.2) is 0 Å². The fourth-order valence-electron chi connectivity index (χ4n) is 3.52. The Bertz CT molecular complexity index is 1000. The highest BCUT2D eigenvalue weighted by Gasteiger charge is 2.32. The Morgan fingerprint density at radius 3 is 2.50 bits per heavy atom. The van der Waals surface area contributed by atoms with Crippen LogP contribution in [0.15, 0.2) is 71.3 Å². The Hall–Kier alpha value is -3.45. The third kappa shape index (κ3) is 4.41. The summed E-state index contributed by atoms with van der Waals surface area (Å²) in [6.07, 6.45) is -0.287. The average molecular weight is 405 g/mol. The van der Waals surface area contributed by atoms with Gasteiger partial charge in [-0.05, 0) is 5.56 Å². The summed E-state index contributed by atoms with van der Waals surface area (Å²) in [5.41, 5.74) is 2.04. The zero-order valence-corrected chi connectivity index (χ0v) is 16.7. The number of rotatable bonds is 5. The number of aromatic nitrogens is 1. The van der Waals surface area contributed by atoms with Gasteiger partial charge in [-0.2, -0.15) is 0 Å². The number of methoxy groups -OCH3 is 1. The van der Waals surface area contributed by atoms with Gasteiger partial charge in [-0.3, -0.25) is 9.59 Å². The molecule has 3 aromatic rings. The number of amides is 2. The molecule has 1 aliphatic heterocycles. The number of carbonyl (C=O) groups is 2. The van der Waals surface area contributed by atoms with Crippen molar-refractivity contribution in [2.24, 2.45) is 0 Å². The molecule has 154 valence electrons. The first kappa shape index (κ1) is 19.8. The maximum absolute atomic E-state index is 13.0. The summed E-state index contributed by atoms with van der Waals surface area (Å²) in [6, 6.07) is 20.8. The Morgan fingerprint density at radius 1 is 1.10 bits per heavy atom. The van der Waals surface area contributed by atoms with Gasteiger partial charge in [0.05, 0.1) is 6.10 Å². The molecule has 7 heteroatoms. The van der Waals surface area contributed by atoms with Crippen molar-refractivity contribution in [2.45, 2.75) is 12.6 Å². The third-order valence-electron chi connectivity index (χ3n) is 5.15. The fourth-order valence-corrected chi connectivity index (χ4v) is 3.52. The lowest BCUT2D eigenvalue weighted by Crippen LogP contribution is -2.39. The van der Waals surface area contributed by atoms with Gasteiger partial charge in [0.25, 0.3) is 5.91 Å². The highest BCUT2D eigenvalue weighted by atomic mass is 16.5. The maximum atomic E-state index is 13.0. The van der Waals surface area contributed by atoms with E-state index in [0.717, 1.165) is 11.1 Å². The molecule has 2 heterocycles. The minimum atomic E-state index is -0.349. The first-order chi connectivity index (χ1) is 14.6. The molecule has 1 atom stereocenters. The van der Waals surface area contributed by atoms with Gasteiger partial charge in [0.2, 0.25) is 5.91 Å². The Balaban J connectivity index is 1.51. The van der Waals surface area contributed by atoms with E-state index >= 15 is 0 Å². The highest BCUT2D eigenvalue weighted by molar-refractivity contribution is 5.95. The number of hydrogen-bond donors (Lipinski definition) is 0. The smallest absolute Gasteiger partial charge is 0.276 e. The molecule has 0 spiro atoms. The van der Waals surface area contributed by atoms with Crippen LogP contribution < -0.4 is 0 Å². The van der Waals surface area contributed by atoms with Crippen LogP contribution in [0.2, 0.25) is 0 Å². The molecule has 0 unspecified atom stereocenters. The predicted octanol–water partition coefficient (Wildman–Crippen LogP) is 2.84. The summed E-state index contributed by atoms with van der Waals surface area (Å²) < 4.78 is 10.9. The molecule has 1 saturated heterocycles. The van der Waals surface area contributed by atoms with Crippen LogP contribution in [0.5, 0.6) is 0 Å². The van der Waals surface area contributed by atoms with Crippen LogP contribution in [0, 0.1) is 0 Å². The van der Waals surface area contributed by atoms with E-state index in [4.69, 9.17) is 9.26 Å². The van der Waals surface area contributed by atoms with E-state index in [0.29, 0.717) is 25.4 Å². The summed E-state index contributed by atoms with van der Waals surface area (Å²) in [4.78, 5) is 29.1. The third-order valence-corrected chi connectivity index (χ3v) is 5.15. The van der Waals surface area contributed by atoms with Crippen LogP contribution in [0.3, 0.4) is 0 Å². The van der Waals surface area contributed by atoms with Gasteiger partial charge >= 0.3 is 0 Å². The second-order valence-electron chi connectivity index (χ2n) is 7.25. The molecule has 0 saturated carbocycles. The van der Waals surface area contributed by atoms with E-state index < -0.39 is 0 Å². The molecule has 1 aliphatic rings. The summed E-state index contributed by atoms with van der Waals surface area (Å²) >= 11 is 0. The molecular weight excluding hydrogens is 382 g/mol. The zero-order valence-electron chi connectivity index (χ0n) is 16.7. The van der Waals surface area contributed by atoms with E-state index in [1.54, 1.807) is 18.1 Å². The molecule has 1 aromatic heterocycles. The lowest BCUT2D eigenvalue weighted by Gasteiger charge is -2.23. The summed E-state index contributed by atoms with van der Waals surface area (Å²) in [7, 11) is 1.59. The lowest BCUT2D eigenvalue weighted by atomic mass is 10.1. The van der Waals surface area contributed by atoms with E-state index in [-0.39, 0.29) is 30.2 Å². The average Bonchev–Trinajstić information content (AvgIpc) is 3.22. The number of nitrogens with zero attached hydrogens (tertiary/aromatic N) is 3. The van der Waals surface area contributed by atoms with Crippen LogP contribution in [-0.4, -0.2) is 59.6 Å². The highest BCUT2D eigenvalue weighted by Crippen LogP contribution is 2.21. The zero-order chi connectivity index (χ0) is 20.9. The second-order valence-corrected chi connectivity index (χ2v) is 7.25. The van der Waals surface area contributed by atoms with Crippen LogP contribution in [0.1, 0.15) is 16.1 Å². The van der Waals surface area contributed by atoms with Gasteiger partial charge in [0.15, 0.2) is 11.5 Å². The van der Waals surface area contributed by atoms with Crippen molar-refractivity contribution in [2.75, 3.05) is 26.7 Å². The standard InChI is InChI=1S/C23H23N3O4/c1-29-19-14-25(13-17-8-4-2-5-9-17)22(27)16-26(15-19)23(28)20-12-21(30-24-20)18-10-6-3-7-11-18/h2-12,19H,13-16H2,1H3/t19-/m0/s1. The van der Waals surface area contributed by atoms with Crippen LogP contribution in [0.4, 0.5) is 0 Å². The number of benzene rings is 2. The first-order valence-corrected chi connectivity index (χ1v) is 9.80. The molecular formula is C23H23N3O4. The summed E-state index contributed by atoms with van der Waals surface area (Å²) in [5, 5.41) is 3.93. The molecule has 1 fully saturated rings. The minimum absolute atomic E-state index is 0.0287. The molecule has 4 rings (SSSR count). The summed E-state index contributed by atoms with van der Waals surface area (Å²) in [5.74, 6) is 0.0329. The molecule has 2 amide bonds. The van der Waals surface area contributed by atoms with Crippen molar-refractivity contribution in [3.05, 3.63) is 78.0 Å². The van der Waals surface area contributed by atoms with Crippen LogP contribution >= 0.6 is 0 Å². The van der Waals surface area contributed by atoms with E-state index in [2.05, 4.69) is 5.16 Å². The van der Waals surface area contributed by atoms with Crippen molar-refractivity contribution in [1.29, 1.82) is 0 Å². The van der Waals surface area contributed by atoms with Gasteiger partial charge in [0, 0.05) is 38.4 Å². The van der Waals surface area contributed by atoms with Gasteiger partial charge < -0.3 is 19.1 Å². The molecule has 0 radical (unpaired) electrons. The Morgan fingerprint density at radius 2 is 1.80 bits per heavy atom. The van der Waals surface area contributed by atoms with E-state index in [1.807, 2.05) is 60.7 Å². The van der Waals surface area contributed by atoms with Crippen LogP contribution in [0.25, 0.3) is 11.3 Å². The molecule has 0 aliphatic carbocycles. The number of hydrogen-bond acceptors (Lipinski definition) is 5. The Kier molecular flexibility index (Phi) is 5.90. The monoisotopic (exact) mass is 405 g/mol. The Labute approximate surface area is 174 Å².